The molecule has 1 atom stereocenters. The Hall–Kier alpha value is -0.750. The fourth-order valence-electron chi connectivity index (χ4n) is 2.56. The third-order valence-electron chi connectivity index (χ3n) is 3.85. The number of benzene rings is 1. The number of nitrogens with one attached hydrogen (secondary N) is 1. The van der Waals surface area contributed by atoms with Crippen LogP contribution in [-0.2, 0) is 6.18 Å². The monoisotopic (exact) mass is 364 g/mol. The molecule has 1 N–H and O–H groups in total. The Morgan fingerprint density at radius 3 is 2.67 bits per heavy atom. The molecule has 1 aliphatic heterocycles. The molecule has 0 aliphatic carbocycles. The van der Waals surface area contributed by atoms with Gasteiger partial charge < -0.3 is 10.2 Å². The first-order chi connectivity index (χ1) is 9.79. The minimum absolute atomic E-state index is 0.0899. The first-order valence-corrected chi connectivity index (χ1v) is 7.93. The number of anilines is 1. The van der Waals surface area contributed by atoms with Crippen molar-refractivity contribution in [1.82, 2.24) is 5.32 Å². The van der Waals surface area contributed by atoms with Gasteiger partial charge in [0.2, 0.25) is 0 Å². The molecule has 1 unspecified atom stereocenters. The number of alkyl halides is 3. The molecule has 1 fully saturated rings. The van der Waals surface area contributed by atoms with Crippen LogP contribution in [0.5, 0.6) is 0 Å². The van der Waals surface area contributed by atoms with Gasteiger partial charge >= 0.3 is 6.18 Å². The van der Waals surface area contributed by atoms with Gasteiger partial charge in [0.15, 0.2) is 0 Å². The highest BCUT2D eigenvalue weighted by Gasteiger charge is 2.33. The molecule has 0 bridgehead atoms. The Labute approximate surface area is 131 Å². The van der Waals surface area contributed by atoms with Crippen molar-refractivity contribution < 1.29 is 13.2 Å². The molecule has 1 aliphatic rings. The summed E-state index contributed by atoms with van der Waals surface area (Å²) in [6.45, 7) is 6.67. The molecule has 0 radical (unpaired) electrons. The molecule has 0 spiro atoms. The van der Waals surface area contributed by atoms with Crippen LogP contribution in [0.2, 0.25) is 0 Å². The molecule has 21 heavy (non-hydrogen) atoms. The van der Waals surface area contributed by atoms with Crippen LogP contribution in [-0.4, -0.2) is 25.7 Å². The van der Waals surface area contributed by atoms with Crippen LogP contribution in [0.4, 0.5) is 18.9 Å². The van der Waals surface area contributed by atoms with E-state index in [4.69, 9.17) is 0 Å². The van der Waals surface area contributed by atoms with Gasteiger partial charge in [0.25, 0.3) is 0 Å². The Morgan fingerprint density at radius 2 is 2.05 bits per heavy atom. The molecule has 1 heterocycles. The van der Waals surface area contributed by atoms with Gasteiger partial charge in [0.1, 0.15) is 0 Å². The van der Waals surface area contributed by atoms with Gasteiger partial charge in [-0.3, -0.25) is 0 Å². The largest absolute Gasteiger partial charge is 0.417 e. The standard InChI is InChI=1S/C15H20BrF3N2/c1-10(2)14-9-21(7-3-6-20-14)11-4-5-13(16)12(8-11)15(17,18)19/h4-5,8,10,14,20H,3,6-7,9H2,1-2H3. The molecule has 6 heteroatoms. The second kappa shape index (κ2) is 6.57. The van der Waals surface area contributed by atoms with Gasteiger partial charge in [0, 0.05) is 29.3 Å². The Balaban J connectivity index is 2.28. The summed E-state index contributed by atoms with van der Waals surface area (Å²) in [7, 11) is 0. The maximum atomic E-state index is 13.0. The van der Waals surface area contributed by atoms with Crippen molar-refractivity contribution in [3.05, 3.63) is 28.2 Å². The molecule has 0 aromatic heterocycles. The summed E-state index contributed by atoms with van der Waals surface area (Å²) in [6.07, 6.45) is -3.41. The minimum Gasteiger partial charge on any atom is -0.370 e. The van der Waals surface area contributed by atoms with Gasteiger partial charge in [-0.2, -0.15) is 13.2 Å². The number of halogens is 4. The normalized spacial score (nSPS) is 20.7. The fraction of sp³-hybridized carbons (Fsp3) is 0.600. The van der Waals surface area contributed by atoms with Gasteiger partial charge in [-0.1, -0.05) is 29.8 Å². The number of nitrogens with zero attached hydrogens (tertiary/aromatic N) is 1. The number of hydrogen-bond donors (Lipinski definition) is 1. The highest BCUT2D eigenvalue weighted by molar-refractivity contribution is 9.10. The summed E-state index contributed by atoms with van der Waals surface area (Å²) in [6, 6.07) is 4.78. The van der Waals surface area contributed by atoms with E-state index in [9.17, 15) is 13.2 Å². The van der Waals surface area contributed by atoms with Crippen LogP contribution < -0.4 is 10.2 Å². The molecule has 1 aromatic rings. The SMILES string of the molecule is CC(C)C1CN(c2ccc(Br)c(C(F)(F)F)c2)CCCN1. The molecule has 0 amide bonds. The summed E-state index contributed by atoms with van der Waals surface area (Å²) in [4.78, 5) is 2.05. The number of rotatable bonds is 2. The first kappa shape index (κ1) is 16.6. The zero-order chi connectivity index (χ0) is 15.6. The van der Waals surface area contributed by atoms with E-state index < -0.39 is 11.7 Å². The van der Waals surface area contributed by atoms with Crippen molar-refractivity contribution in [2.24, 2.45) is 5.92 Å². The molecule has 0 saturated carbocycles. The molecule has 2 nitrogen and oxygen atoms in total. The predicted molar refractivity (Wildman–Crippen MR) is 82.6 cm³/mol. The van der Waals surface area contributed by atoms with Crippen molar-refractivity contribution in [2.45, 2.75) is 32.5 Å². The molecular formula is C15H20BrF3N2. The first-order valence-electron chi connectivity index (χ1n) is 7.14. The topological polar surface area (TPSA) is 15.3 Å². The summed E-state index contributed by atoms with van der Waals surface area (Å²) in [5, 5.41) is 3.46. The van der Waals surface area contributed by atoms with Crippen LogP contribution >= 0.6 is 15.9 Å². The highest BCUT2D eigenvalue weighted by atomic mass is 79.9. The van der Waals surface area contributed by atoms with E-state index in [1.807, 2.05) is 4.90 Å². The lowest BCUT2D eigenvalue weighted by atomic mass is 10.0. The quantitative estimate of drug-likeness (QED) is 0.841. The molecule has 1 saturated heterocycles. The maximum absolute atomic E-state index is 13.0. The van der Waals surface area contributed by atoms with Crippen molar-refractivity contribution in [3.63, 3.8) is 0 Å². The van der Waals surface area contributed by atoms with Gasteiger partial charge in [-0.25, -0.2) is 0 Å². The van der Waals surface area contributed by atoms with Crippen molar-refractivity contribution >= 4 is 21.6 Å². The minimum atomic E-state index is -4.34. The van der Waals surface area contributed by atoms with Crippen LogP contribution in [0.25, 0.3) is 0 Å². The third-order valence-corrected chi connectivity index (χ3v) is 4.55. The van der Waals surface area contributed by atoms with E-state index in [0.29, 0.717) is 17.6 Å². The van der Waals surface area contributed by atoms with E-state index in [1.165, 1.54) is 12.1 Å². The van der Waals surface area contributed by atoms with E-state index in [2.05, 4.69) is 35.1 Å². The van der Waals surface area contributed by atoms with Crippen molar-refractivity contribution in [2.75, 3.05) is 24.5 Å². The summed E-state index contributed by atoms with van der Waals surface area (Å²) in [5.74, 6) is 0.447. The molecular weight excluding hydrogens is 345 g/mol. The smallest absolute Gasteiger partial charge is 0.370 e. The second-order valence-electron chi connectivity index (χ2n) is 5.77. The molecule has 1 aromatic carbocycles. The summed E-state index contributed by atoms with van der Waals surface area (Å²) >= 11 is 2.99. The van der Waals surface area contributed by atoms with E-state index >= 15 is 0 Å². The van der Waals surface area contributed by atoms with Crippen LogP contribution in [0.1, 0.15) is 25.8 Å². The second-order valence-corrected chi connectivity index (χ2v) is 6.62. The number of hydrogen-bond acceptors (Lipinski definition) is 2. The van der Waals surface area contributed by atoms with Crippen molar-refractivity contribution in [1.29, 1.82) is 0 Å². The van der Waals surface area contributed by atoms with E-state index in [-0.39, 0.29) is 4.47 Å². The molecule has 118 valence electrons. The van der Waals surface area contributed by atoms with Gasteiger partial charge in [-0.05, 0) is 37.1 Å². The zero-order valence-electron chi connectivity index (χ0n) is 12.2. The van der Waals surface area contributed by atoms with Crippen LogP contribution in [0.15, 0.2) is 22.7 Å². The Morgan fingerprint density at radius 1 is 1.33 bits per heavy atom. The lowest BCUT2D eigenvalue weighted by Gasteiger charge is -2.29. The Bertz CT molecular complexity index is 488. The fourth-order valence-corrected chi connectivity index (χ4v) is 3.03. The third kappa shape index (κ3) is 4.13. The summed E-state index contributed by atoms with van der Waals surface area (Å²) < 4.78 is 39.2. The summed E-state index contributed by atoms with van der Waals surface area (Å²) in [5.41, 5.74) is 0.0261. The Kier molecular flexibility index (Phi) is 5.20. The van der Waals surface area contributed by atoms with Gasteiger partial charge in [-0.15, -0.1) is 0 Å². The van der Waals surface area contributed by atoms with E-state index in [1.54, 1.807) is 6.07 Å². The lowest BCUT2D eigenvalue weighted by Crippen LogP contribution is -2.41. The van der Waals surface area contributed by atoms with Crippen LogP contribution in [0.3, 0.4) is 0 Å². The maximum Gasteiger partial charge on any atom is 0.417 e. The highest BCUT2D eigenvalue weighted by Crippen LogP contribution is 2.37. The molecule has 2 rings (SSSR count). The van der Waals surface area contributed by atoms with Crippen molar-refractivity contribution in [3.8, 4) is 0 Å². The predicted octanol–water partition coefficient (Wildman–Crippen LogP) is 4.29. The van der Waals surface area contributed by atoms with E-state index in [0.717, 1.165) is 26.1 Å². The average Bonchev–Trinajstić information content (AvgIpc) is 2.63. The van der Waals surface area contributed by atoms with Crippen LogP contribution in [0, 0.1) is 5.92 Å². The van der Waals surface area contributed by atoms with Gasteiger partial charge in [0.05, 0.1) is 5.56 Å². The zero-order valence-corrected chi connectivity index (χ0v) is 13.8. The lowest BCUT2D eigenvalue weighted by molar-refractivity contribution is -0.138. The average molecular weight is 365 g/mol.